The summed E-state index contributed by atoms with van der Waals surface area (Å²) in [6, 6.07) is 0.129. The lowest BCUT2D eigenvalue weighted by Gasteiger charge is -2.25. The van der Waals surface area contributed by atoms with Crippen molar-refractivity contribution < 1.29 is 9.90 Å². The zero-order valence-corrected chi connectivity index (χ0v) is 13.5. The Morgan fingerprint density at radius 3 is 2.45 bits per heavy atom. The van der Waals surface area contributed by atoms with Crippen LogP contribution in [0.15, 0.2) is 0 Å². The molecule has 0 heterocycles. The molecule has 20 heavy (non-hydrogen) atoms. The molecule has 1 saturated carbocycles. The standard InChI is InChI=1S/C17H33NO2/c1-17(2,3)11-10-15(19)8-5-13-4-7-14(18)12-16(20)9-6-13/h13-14,16,20H,4-12,18H2,1-3H3/t13-,14-,16+/m1/s1. The van der Waals surface area contributed by atoms with E-state index in [0.29, 0.717) is 24.5 Å². The highest BCUT2D eigenvalue weighted by molar-refractivity contribution is 5.78. The molecular formula is C17H33NO2. The van der Waals surface area contributed by atoms with Gasteiger partial charge in [0.05, 0.1) is 6.10 Å². The third kappa shape index (κ3) is 8.01. The van der Waals surface area contributed by atoms with E-state index in [0.717, 1.165) is 44.9 Å². The molecule has 1 aliphatic carbocycles. The number of ketones is 1. The van der Waals surface area contributed by atoms with Crippen molar-refractivity contribution in [1.29, 1.82) is 0 Å². The highest BCUT2D eigenvalue weighted by atomic mass is 16.3. The van der Waals surface area contributed by atoms with Gasteiger partial charge in [-0.2, -0.15) is 0 Å². The first-order valence-corrected chi connectivity index (χ1v) is 8.21. The van der Waals surface area contributed by atoms with Crippen LogP contribution >= 0.6 is 0 Å². The van der Waals surface area contributed by atoms with Gasteiger partial charge in [-0.15, -0.1) is 0 Å². The van der Waals surface area contributed by atoms with Crippen LogP contribution in [-0.2, 0) is 4.79 Å². The fraction of sp³-hybridized carbons (Fsp3) is 0.941. The maximum atomic E-state index is 11.9. The Kier molecular flexibility index (Phi) is 7.18. The van der Waals surface area contributed by atoms with E-state index in [2.05, 4.69) is 20.8 Å². The summed E-state index contributed by atoms with van der Waals surface area (Å²) in [5.74, 6) is 0.960. The number of aliphatic hydroxyl groups excluding tert-OH is 1. The van der Waals surface area contributed by atoms with Crippen LogP contribution in [0.1, 0.15) is 78.6 Å². The topological polar surface area (TPSA) is 63.3 Å². The van der Waals surface area contributed by atoms with Gasteiger partial charge < -0.3 is 10.8 Å². The van der Waals surface area contributed by atoms with Gasteiger partial charge >= 0.3 is 0 Å². The molecule has 3 N–H and O–H groups in total. The van der Waals surface area contributed by atoms with Crippen LogP contribution in [0.3, 0.4) is 0 Å². The van der Waals surface area contributed by atoms with Crippen molar-refractivity contribution >= 4 is 5.78 Å². The first-order chi connectivity index (χ1) is 9.26. The van der Waals surface area contributed by atoms with Crippen LogP contribution in [-0.4, -0.2) is 23.0 Å². The monoisotopic (exact) mass is 283 g/mol. The second kappa shape index (κ2) is 8.14. The zero-order valence-electron chi connectivity index (χ0n) is 13.5. The number of carbonyl (C=O) groups is 1. The summed E-state index contributed by atoms with van der Waals surface area (Å²) in [6.07, 6.45) is 7.82. The third-order valence-corrected chi connectivity index (χ3v) is 4.41. The lowest BCUT2D eigenvalue weighted by molar-refractivity contribution is -0.119. The summed E-state index contributed by atoms with van der Waals surface area (Å²) in [5.41, 5.74) is 6.22. The zero-order chi connectivity index (χ0) is 15.2. The van der Waals surface area contributed by atoms with Gasteiger partial charge in [-0.25, -0.2) is 0 Å². The van der Waals surface area contributed by atoms with Gasteiger partial charge in [-0.3, -0.25) is 4.79 Å². The molecule has 0 bridgehead atoms. The SMILES string of the molecule is CC(C)(C)CCC(=O)CC[C@H]1CC[C@@H](N)C[C@@H](O)CC1. The van der Waals surface area contributed by atoms with Crippen LogP contribution in [0, 0.1) is 11.3 Å². The smallest absolute Gasteiger partial charge is 0.132 e. The van der Waals surface area contributed by atoms with Crippen molar-refractivity contribution in [3.63, 3.8) is 0 Å². The molecule has 3 atom stereocenters. The normalized spacial score (nSPS) is 28.8. The number of Topliss-reactive ketones (excluding diaryl/α,β-unsaturated/α-hetero) is 1. The lowest BCUT2D eigenvalue weighted by atomic mass is 9.84. The molecule has 0 saturated heterocycles. The predicted octanol–water partition coefficient (Wildman–Crippen LogP) is 3.43. The van der Waals surface area contributed by atoms with Crippen molar-refractivity contribution in [3.05, 3.63) is 0 Å². The molecule has 0 aromatic heterocycles. The van der Waals surface area contributed by atoms with E-state index < -0.39 is 0 Å². The van der Waals surface area contributed by atoms with Gasteiger partial charge in [0, 0.05) is 18.9 Å². The predicted molar refractivity (Wildman–Crippen MR) is 83.5 cm³/mol. The molecular weight excluding hydrogens is 250 g/mol. The number of hydrogen-bond donors (Lipinski definition) is 2. The molecule has 3 nitrogen and oxygen atoms in total. The van der Waals surface area contributed by atoms with Crippen molar-refractivity contribution in [1.82, 2.24) is 0 Å². The van der Waals surface area contributed by atoms with E-state index >= 15 is 0 Å². The molecule has 1 aliphatic rings. The minimum atomic E-state index is -0.246. The number of rotatable bonds is 5. The molecule has 0 aromatic carbocycles. The molecule has 1 fully saturated rings. The number of nitrogens with two attached hydrogens (primary N) is 1. The van der Waals surface area contributed by atoms with Crippen LogP contribution < -0.4 is 5.73 Å². The Balaban J connectivity index is 2.27. The Morgan fingerprint density at radius 2 is 1.80 bits per heavy atom. The summed E-state index contributed by atoms with van der Waals surface area (Å²) >= 11 is 0. The van der Waals surface area contributed by atoms with Crippen LogP contribution in [0.2, 0.25) is 0 Å². The van der Waals surface area contributed by atoms with Gasteiger partial charge in [-0.1, -0.05) is 20.8 Å². The minimum absolute atomic E-state index is 0.129. The Hall–Kier alpha value is -0.410. The number of carbonyl (C=O) groups excluding carboxylic acids is 1. The largest absolute Gasteiger partial charge is 0.393 e. The van der Waals surface area contributed by atoms with Gasteiger partial charge in [0.25, 0.3) is 0 Å². The molecule has 0 unspecified atom stereocenters. The lowest BCUT2D eigenvalue weighted by Crippen LogP contribution is -2.29. The molecule has 3 heteroatoms. The molecule has 0 radical (unpaired) electrons. The summed E-state index contributed by atoms with van der Waals surface area (Å²) in [5, 5.41) is 9.81. The van der Waals surface area contributed by atoms with Gasteiger partial charge in [0.15, 0.2) is 0 Å². The van der Waals surface area contributed by atoms with Crippen LogP contribution in [0.4, 0.5) is 0 Å². The molecule has 0 aromatic rings. The first kappa shape index (κ1) is 17.6. The third-order valence-electron chi connectivity index (χ3n) is 4.41. The fourth-order valence-corrected chi connectivity index (χ4v) is 2.90. The van der Waals surface area contributed by atoms with Crippen LogP contribution in [0.5, 0.6) is 0 Å². The molecule has 0 amide bonds. The average Bonchev–Trinajstić information content (AvgIpc) is 2.32. The summed E-state index contributed by atoms with van der Waals surface area (Å²) < 4.78 is 0. The van der Waals surface area contributed by atoms with E-state index in [1.807, 2.05) is 0 Å². The number of aliphatic hydroxyl groups is 1. The maximum Gasteiger partial charge on any atom is 0.132 e. The summed E-state index contributed by atoms with van der Waals surface area (Å²) in [6.45, 7) is 6.54. The van der Waals surface area contributed by atoms with Crippen molar-refractivity contribution in [2.24, 2.45) is 17.1 Å². The Bertz CT molecular complexity index is 284. The average molecular weight is 283 g/mol. The second-order valence-corrected chi connectivity index (χ2v) is 7.81. The van der Waals surface area contributed by atoms with Gasteiger partial charge in [0.2, 0.25) is 0 Å². The van der Waals surface area contributed by atoms with Gasteiger partial charge in [-0.05, 0) is 56.3 Å². The van der Waals surface area contributed by atoms with E-state index in [9.17, 15) is 9.90 Å². The minimum Gasteiger partial charge on any atom is -0.393 e. The van der Waals surface area contributed by atoms with E-state index in [1.165, 1.54) is 0 Å². The molecule has 118 valence electrons. The van der Waals surface area contributed by atoms with E-state index in [4.69, 9.17) is 5.73 Å². The van der Waals surface area contributed by atoms with Gasteiger partial charge in [0.1, 0.15) is 5.78 Å². The Morgan fingerprint density at radius 1 is 1.15 bits per heavy atom. The van der Waals surface area contributed by atoms with Crippen molar-refractivity contribution in [2.75, 3.05) is 0 Å². The van der Waals surface area contributed by atoms with E-state index in [-0.39, 0.29) is 17.6 Å². The fourth-order valence-electron chi connectivity index (χ4n) is 2.90. The Labute approximate surface area is 124 Å². The summed E-state index contributed by atoms with van der Waals surface area (Å²) in [7, 11) is 0. The van der Waals surface area contributed by atoms with Crippen molar-refractivity contribution in [2.45, 2.75) is 90.7 Å². The molecule has 0 aliphatic heterocycles. The summed E-state index contributed by atoms with van der Waals surface area (Å²) in [4.78, 5) is 11.9. The highest BCUT2D eigenvalue weighted by Crippen LogP contribution is 2.27. The first-order valence-electron chi connectivity index (χ1n) is 8.21. The van der Waals surface area contributed by atoms with Crippen molar-refractivity contribution in [3.8, 4) is 0 Å². The highest BCUT2D eigenvalue weighted by Gasteiger charge is 2.20. The maximum absolute atomic E-state index is 11.9. The molecule has 1 rings (SSSR count). The van der Waals surface area contributed by atoms with Crippen LogP contribution in [0.25, 0.3) is 0 Å². The second-order valence-electron chi connectivity index (χ2n) is 7.81. The van der Waals surface area contributed by atoms with E-state index in [1.54, 1.807) is 0 Å². The number of hydrogen-bond acceptors (Lipinski definition) is 3. The quantitative estimate of drug-likeness (QED) is 0.812. The molecule has 0 spiro atoms.